The molecule has 0 unspecified atom stereocenters. The fourth-order valence-electron chi connectivity index (χ4n) is 3.65. The molecular weight excluding hydrogens is 470 g/mol. The number of aliphatic hydroxyl groups is 2. The summed E-state index contributed by atoms with van der Waals surface area (Å²) in [6.45, 7) is 4.58. The molecule has 2 atom stereocenters. The number of nitrogens with one attached hydrogen (secondary N) is 1. The highest BCUT2D eigenvalue weighted by atomic mass is 35.5. The van der Waals surface area contributed by atoms with Crippen LogP contribution in [0.3, 0.4) is 0 Å². The molecule has 0 aromatic heterocycles. The highest BCUT2D eigenvalue weighted by Gasteiger charge is 2.22. The zero-order valence-corrected chi connectivity index (χ0v) is 20.2. The third kappa shape index (κ3) is 8.59. The monoisotopic (exact) mass is 500 g/mol. The van der Waals surface area contributed by atoms with Gasteiger partial charge in [0, 0.05) is 31.3 Å². The molecule has 0 aliphatic carbocycles. The van der Waals surface area contributed by atoms with Crippen LogP contribution in [0, 0.1) is 12.7 Å². The molecule has 2 aromatic carbocycles. The van der Waals surface area contributed by atoms with E-state index in [0.717, 1.165) is 25.9 Å². The van der Waals surface area contributed by atoms with Crippen molar-refractivity contribution in [2.45, 2.75) is 38.0 Å². The Morgan fingerprint density at radius 1 is 1.00 bits per heavy atom. The van der Waals surface area contributed by atoms with E-state index in [4.69, 9.17) is 32.7 Å². The van der Waals surface area contributed by atoms with Gasteiger partial charge in [-0.1, -0.05) is 29.3 Å². The number of aliphatic hydroxyl groups excluding tert-OH is 2. The topological polar surface area (TPSA) is 74.2 Å². The Kier molecular flexibility index (Phi) is 10.0. The molecule has 0 radical (unpaired) electrons. The summed E-state index contributed by atoms with van der Waals surface area (Å²) >= 11 is 11.9. The quantitative estimate of drug-likeness (QED) is 0.437. The number of aryl methyl sites for hydroxylation is 1. The number of hydrogen-bond donors (Lipinski definition) is 3. The molecule has 0 bridgehead atoms. The lowest BCUT2D eigenvalue weighted by Crippen LogP contribution is -2.47. The number of hydrogen-bond acceptors (Lipinski definition) is 6. The molecule has 9 heteroatoms. The summed E-state index contributed by atoms with van der Waals surface area (Å²) in [5, 5.41) is 24.7. The maximum atomic E-state index is 13.6. The normalized spacial score (nSPS) is 17.0. The molecule has 33 heavy (non-hydrogen) atoms. The Balaban J connectivity index is 1.29. The zero-order chi connectivity index (χ0) is 23.8. The highest BCUT2D eigenvalue weighted by molar-refractivity contribution is 6.42. The third-order valence-corrected chi connectivity index (χ3v) is 6.36. The number of halogens is 3. The van der Waals surface area contributed by atoms with E-state index in [0.29, 0.717) is 40.2 Å². The van der Waals surface area contributed by atoms with Gasteiger partial charge in [-0.25, -0.2) is 4.39 Å². The van der Waals surface area contributed by atoms with Gasteiger partial charge in [0.15, 0.2) is 0 Å². The van der Waals surface area contributed by atoms with E-state index in [2.05, 4.69) is 10.2 Å². The summed E-state index contributed by atoms with van der Waals surface area (Å²) in [4.78, 5) is 2.20. The molecule has 1 saturated heterocycles. The number of ether oxygens (including phenoxy) is 2. The molecule has 3 rings (SSSR count). The first-order valence-corrected chi connectivity index (χ1v) is 11.8. The minimum Gasteiger partial charge on any atom is -0.491 e. The van der Waals surface area contributed by atoms with Gasteiger partial charge < -0.3 is 29.9 Å². The lowest BCUT2D eigenvalue weighted by Gasteiger charge is -2.33. The average Bonchev–Trinajstić information content (AvgIpc) is 2.80. The SMILES string of the molecule is Cc1ccc(OC[C@@H](O)CNC2CCN(C[C@H](O)COc3ccc(Cl)c(Cl)c3)CC2)cc1F. The summed E-state index contributed by atoms with van der Waals surface area (Å²) in [6.07, 6.45) is 0.524. The Hall–Kier alpha value is -1.61. The Morgan fingerprint density at radius 2 is 1.64 bits per heavy atom. The van der Waals surface area contributed by atoms with Crippen LogP contribution < -0.4 is 14.8 Å². The molecule has 0 amide bonds. The van der Waals surface area contributed by atoms with Crippen molar-refractivity contribution in [1.82, 2.24) is 10.2 Å². The summed E-state index contributed by atoms with van der Waals surface area (Å²) in [6, 6.07) is 9.97. The lowest BCUT2D eigenvalue weighted by molar-refractivity contribution is 0.0556. The predicted molar refractivity (Wildman–Crippen MR) is 128 cm³/mol. The van der Waals surface area contributed by atoms with Gasteiger partial charge in [-0.05, 0) is 56.6 Å². The summed E-state index contributed by atoms with van der Waals surface area (Å²) < 4.78 is 24.6. The first kappa shape index (κ1) is 26.0. The van der Waals surface area contributed by atoms with Gasteiger partial charge >= 0.3 is 0 Å². The maximum Gasteiger partial charge on any atom is 0.129 e. The smallest absolute Gasteiger partial charge is 0.129 e. The minimum atomic E-state index is -0.687. The van der Waals surface area contributed by atoms with Crippen LogP contribution in [0.2, 0.25) is 10.0 Å². The van der Waals surface area contributed by atoms with E-state index in [1.54, 1.807) is 37.3 Å². The molecule has 2 aromatic rings. The molecule has 0 saturated carbocycles. The summed E-state index contributed by atoms with van der Waals surface area (Å²) in [7, 11) is 0. The minimum absolute atomic E-state index is 0.0966. The van der Waals surface area contributed by atoms with E-state index in [1.807, 2.05) is 0 Å². The van der Waals surface area contributed by atoms with Crippen LogP contribution in [-0.4, -0.2) is 72.8 Å². The molecule has 6 nitrogen and oxygen atoms in total. The van der Waals surface area contributed by atoms with E-state index in [1.165, 1.54) is 6.07 Å². The van der Waals surface area contributed by atoms with Gasteiger partial charge in [0.1, 0.15) is 42.7 Å². The number of likely N-dealkylation sites (tertiary alicyclic amines) is 1. The fraction of sp³-hybridized carbons (Fsp3) is 0.500. The fourth-order valence-corrected chi connectivity index (χ4v) is 3.93. The highest BCUT2D eigenvalue weighted by Crippen LogP contribution is 2.26. The van der Waals surface area contributed by atoms with Crippen molar-refractivity contribution in [1.29, 1.82) is 0 Å². The van der Waals surface area contributed by atoms with Crippen molar-refractivity contribution in [3.05, 3.63) is 57.8 Å². The van der Waals surface area contributed by atoms with Gasteiger partial charge in [-0.3, -0.25) is 0 Å². The van der Waals surface area contributed by atoms with Crippen LogP contribution in [0.1, 0.15) is 18.4 Å². The zero-order valence-electron chi connectivity index (χ0n) is 18.6. The van der Waals surface area contributed by atoms with Crippen LogP contribution in [0.5, 0.6) is 11.5 Å². The Labute approximate surface area is 204 Å². The molecular formula is C24H31Cl2FN2O4. The first-order chi connectivity index (χ1) is 15.8. The Bertz CT molecular complexity index is 897. The first-order valence-electron chi connectivity index (χ1n) is 11.1. The van der Waals surface area contributed by atoms with Gasteiger partial charge in [0.05, 0.1) is 10.0 Å². The van der Waals surface area contributed by atoms with Gasteiger partial charge in [-0.2, -0.15) is 0 Å². The van der Waals surface area contributed by atoms with Gasteiger partial charge in [0.2, 0.25) is 0 Å². The maximum absolute atomic E-state index is 13.6. The second kappa shape index (κ2) is 12.7. The summed E-state index contributed by atoms with van der Waals surface area (Å²) in [5.74, 6) is 0.659. The van der Waals surface area contributed by atoms with E-state index in [9.17, 15) is 14.6 Å². The van der Waals surface area contributed by atoms with Gasteiger partial charge in [-0.15, -0.1) is 0 Å². The van der Waals surface area contributed by atoms with Gasteiger partial charge in [0.25, 0.3) is 0 Å². The number of β-amino-alcohol motifs (C(OH)–C–C–N with tert-alkyl or cyclic N) is 1. The number of piperidine rings is 1. The van der Waals surface area contributed by atoms with Crippen molar-refractivity contribution in [2.24, 2.45) is 0 Å². The second-order valence-electron chi connectivity index (χ2n) is 8.40. The molecule has 1 heterocycles. The number of rotatable bonds is 11. The molecule has 3 N–H and O–H groups in total. The van der Waals surface area contributed by atoms with E-state index < -0.39 is 12.2 Å². The predicted octanol–water partition coefficient (Wildman–Crippen LogP) is 3.67. The van der Waals surface area contributed by atoms with E-state index >= 15 is 0 Å². The van der Waals surface area contributed by atoms with Crippen molar-refractivity contribution in [2.75, 3.05) is 39.4 Å². The standard InChI is InChI=1S/C24H31Cl2FN2O4/c1-16-2-3-21(11-24(16)27)32-14-18(30)12-28-17-6-8-29(9-7-17)13-19(31)15-33-20-4-5-22(25)23(26)10-20/h2-5,10-11,17-19,28,30-31H,6-9,12-15H2,1H3/t18-,19-/m0/s1. The molecule has 1 fully saturated rings. The van der Waals surface area contributed by atoms with Crippen molar-refractivity contribution >= 4 is 23.2 Å². The number of benzene rings is 2. The summed E-state index contributed by atoms with van der Waals surface area (Å²) in [5.41, 5.74) is 0.558. The average molecular weight is 501 g/mol. The third-order valence-electron chi connectivity index (χ3n) is 5.62. The second-order valence-corrected chi connectivity index (χ2v) is 9.21. The van der Waals surface area contributed by atoms with Crippen molar-refractivity contribution < 1.29 is 24.1 Å². The van der Waals surface area contributed by atoms with Crippen LogP contribution in [0.25, 0.3) is 0 Å². The van der Waals surface area contributed by atoms with Crippen molar-refractivity contribution in [3.8, 4) is 11.5 Å². The number of nitrogens with zero attached hydrogens (tertiary/aromatic N) is 1. The van der Waals surface area contributed by atoms with Crippen LogP contribution in [0.15, 0.2) is 36.4 Å². The molecule has 182 valence electrons. The van der Waals surface area contributed by atoms with Crippen LogP contribution >= 0.6 is 23.2 Å². The van der Waals surface area contributed by atoms with Crippen molar-refractivity contribution in [3.63, 3.8) is 0 Å². The van der Waals surface area contributed by atoms with E-state index in [-0.39, 0.29) is 25.1 Å². The molecule has 1 aliphatic heterocycles. The van der Waals surface area contributed by atoms with Crippen LogP contribution in [0.4, 0.5) is 4.39 Å². The van der Waals surface area contributed by atoms with Crippen LogP contribution in [-0.2, 0) is 0 Å². The lowest BCUT2D eigenvalue weighted by atomic mass is 10.0. The Morgan fingerprint density at radius 3 is 2.30 bits per heavy atom. The molecule has 1 aliphatic rings. The largest absolute Gasteiger partial charge is 0.491 e. The molecule has 0 spiro atoms.